The van der Waals surface area contributed by atoms with E-state index in [9.17, 15) is 8.78 Å². The maximum atomic E-state index is 12.5. The van der Waals surface area contributed by atoms with Crippen molar-refractivity contribution in [1.82, 2.24) is 5.32 Å². The fourth-order valence-electron chi connectivity index (χ4n) is 1.49. The molecule has 2 rings (SSSR count). The fraction of sp³-hybridized carbons (Fsp3) is 1.00. The Bertz CT molecular complexity index is 156. The van der Waals surface area contributed by atoms with Crippen molar-refractivity contribution in [3.63, 3.8) is 0 Å². The smallest absolute Gasteiger partial charge is 0.262 e. The summed E-state index contributed by atoms with van der Waals surface area (Å²) in [7, 11) is 0. The maximum absolute atomic E-state index is 12.5. The first-order chi connectivity index (χ1) is 4.62. The van der Waals surface area contributed by atoms with Crippen molar-refractivity contribution < 1.29 is 13.5 Å². The molecular weight excluding hydrogens is 140 g/mol. The lowest BCUT2D eigenvalue weighted by Gasteiger charge is -2.37. The Morgan fingerprint density at radius 2 is 2.00 bits per heavy atom. The number of rotatable bonds is 0. The molecule has 1 N–H and O–H groups in total. The Kier molecular flexibility index (Phi) is 1.09. The standard InChI is InChI=1S/C6H9F2NO/c7-6(8)1-5(9-2-6)3-10-4-5/h9H,1-4H2. The number of nitrogens with one attached hydrogen (secondary N) is 1. The molecule has 2 aliphatic heterocycles. The molecule has 0 atom stereocenters. The minimum atomic E-state index is -2.51. The maximum Gasteiger partial charge on any atom is 0.262 e. The van der Waals surface area contributed by atoms with Crippen molar-refractivity contribution in [1.29, 1.82) is 0 Å². The van der Waals surface area contributed by atoms with Crippen molar-refractivity contribution >= 4 is 0 Å². The van der Waals surface area contributed by atoms with Crippen LogP contribution in [-0.4, -0.2) is 31.2 Å². The molecule has 0 amide bonds. The monoisotopic (exact) mass is 149 g/mol. The van der Waals surface area contributed by atoms with E-state index < -0.39 is 5.92 Å². The lowest BCUT2D eigenvalue weighted by Crippen LogP contribution is -2.56. The van der Waals surface area contributed by atoms with Gasteiger partial charge in [0.2, 0.25) is 0 Å². The van der Waals surface area contributed by atoms with Crippen LogP contribution in [0.1, 0.15) is 6.42 Å². The normalized spacial score (nSPS) is 34.2. The van der Waals surface area contributed by atoms with Gasteiger partial charge < -0.3 is 10.1 Å². The van der Waals surface area contributed by atoms with Gasteiger partial charge in [-0.2, -0.15) is 0 Å². The molecule has 2 fully saturated rings. The van der Waals surface area contributed by atoms with Gasteiger partial charge in [-0.15, -0.1) is 0 Å². The summed E-state index contributed by atoms with van der Waals surface area (Å²) in [6.45, 7) is 0.710. The van der Waals surface area contributed by atoms with E-state index in [-0.39, 0.29) is 18.5 Å². The molecule has 10 heavy (non-hydrogen) atoms. The first-order valence-corrected chi connectivity index (χ1v) is 3.33. The molecule has 4 heteroatoms. The van der Waals surface area contributed by atoms with Crippen molar-refractivity contribution in [2.45, 2.75) is 17.9 Å². The van der Waals surface area contributed by atoms with Crippen LogP contribution in [0.5, 0.6) is 0 Å². The average Bonchev–Trinajstić information content (AvgIpc) is 2.04. The van der Waals surface area contributed by atoms with E-state index in [0.717, 1.165) is 0 Å². The zero-order chi connectivity index (χ0) is 7.24. The summed E-state index contributed by atoms with van der Waals surface area (Å²) in [6.07, 6.45) is -0.0556. The topological polar surface area (TPSA) is 21.3 Å². The van der Waals surface area contributed by atoms with Gasteiger partial charge in [-0.05, 0) is 0 Å². The molecule has 0 aromatic rings. The summed E-state index contributed by atoms with van der Waals surface area (Å²) in [5.74, 6) is -2.51. The highest BCUT2D eigenvalue weighted by Crippen LogP contribution is 2.36. The van der Waals surface area contributed by atoms with E-state index in [4.69, 9.17) is 4.74 Å². The van der Waals surface area contributed by atoms with E-state index >= 15 is 0 Å². The zero-order valence-corrected chi connectivity index (χ0v) is 5.49. The summed E-state index contributed by atoms with van der Waals surface area (Å²) >= 11 is 0. The Hall–Kier alpha value is -0.220. The van der Waals surface area contributed by atoms with Crippen LogP contribution >= 0.6 is 0 Å². The van der Waals surface area contributed by atoms with E-state index in [1.54, 1.807) is 0 Å². The second kappa shape index (κ2) is 1.68. The van der Waals surface area contributed by atoms with Crippen molar-refractivity contribution in [2.24, 2.45) is 0 Å². The van der Waals surface area contributed by atoms with Gasteiger partial charge in [0.05, 0.1) is 25.3 Å². The third-order valence-corrected chi connectivity index (χ3v) is 2.08. The highest BCUT2D eigenvalue weighted by atomic mass is 19.3. The van der Waals surface area contributed by atoms with Crippen LogP contribution < -0.4 is 5.32 Å². The van der Waals surface area contributed by atoms with Crippen LogP contribution in [0.25, 0.3) is 0 Å². The molecule has 0 aliphatic carbocycles. The van der Waals surface area contributed by atoms with Gasteiger partial charge in [-0.25, -0.2) is 8.78 Å². The van der Waals surface area contributed by atoms with Crippen LogP contribution in [0, 0.1) is 0 Å². The SMILES string of the molecule is FC1(F)CNC2(COC2)C1. The van der Waals surface area contributed by atoms with E-state index in [1.807, 2.05) is 0 Å². The summed E-state index contributed by atoms with van der Waals surface area (Å²) < 4.78 is 29.9. The quantitative estimate of drug-likeness (QED) is 0.537. The second-order valence-electron chi connectivity index (χ2n) is 3.16. The highest BCUT2D eigenvalue weighted by Gasteiger charge is 2.53. The lowest BCUT2D eigenvalue weighted by molar-refractivity contribution is -0.0820. The number of halogens is 2. The number of hydrogen-bond acceptors (Lipinski definition) is 2. The Morgan fingerprint density at radius 1 is 1.30 bits per heavy atom. The second-order valence-corrected chi connectivity index (χ2v) is 3.16. The Morgan fingerprint density at radius 3 is 2.20 bits per heavy atom. The van der Waals surface area contributed by atoms with Gasteiger partial charge in [0.25, 0.3) is 5.92 Å². The van der Waals surface area contributed by atoms with Crippen LogP contribution in [0.3, 0.4) is 0 Å². The summed E-state index contributed by atoms with van der Waals surface area (Å²) in [6, 6.07) is 0. The molecule has 2 aliphatic rings. The summed E-state index contributed by atoms with van der Waals surface area (Å²) in [5, 5.41) is 2.78. The molecule has 2 heterocycles. The molecule has 0 radical (unpaired) electrons. The van der Waals surface area contributed by atoms with Gasteiger partial charge >= 0.3 is 0 Å². The highest BCUT2D eigenvalue weighted by molar-refractivity contribution is 5.04. The van der Waals surface area contributed by atoms with Crippen molar-refractivity contribution in [2.75, 3.05) is 19.8 Å². The molecule has 1 spiro atoms. The number of alkyl halides is 2. The lowest BCUT2D eigenvalue weighted by atomic mass is 9.95. The fourth-order valence-corrected chi connectivity index (χ4v) is 1.49. The van der Waals surface area contributed by atoms with Gasteiger partial charge in [0, 0.05) is 6.42 Å². The Balaban J connectivity index is 2.05. The van der Waals surface area contributed by atoms with Crippen LogP contribution in [-0.2, 0) is 4.74 Å². The van der Waals surface area contributed by atoms with Gasteiger partial charge in [0.15, 0.2) is 0 Å². The largest absolute Gasteiger partial charge is 0.377 e. The average molecular weight is 149 g/mol. The van der Waals surface area contributed by atoms with E-state index in [2.05, 4.69) is 5.32 Å². The molecule has 0 bridgehead atoms. The van der Waals surface area contributed by atoms with Crippen LogP contribution in [0.2, 0.25) is 0 Å². The molecule has 0 aromatic heterocycles. The van der Waals surface area contributed by atoms with Gasteiger partial charge in [0.1, 0.15) is 0 Å². The van der Waals surface area contributed by atoms with Gasteiger partial charge in [-0.3, -0.25) is 0 Å². The van der Waals surface area contributed by atoms with Crippen LogP contribution in [0.15, 0.2) is 0 Å². The number of ether oxygens (including phenoxy) is 1. The van der Waals surface area contributed by atoms with Gasteiger partial charge in [-0.1, -0.05) is 0 Å². The first-order valence-electron chi connectivity index (χ1n) is 3.33. The molecule has 58 valence electrons. The molecule has 0 unspecified atom stereocenters. The molecule has 2 nitrogen and oxygen atoms in total. The minimum Gasteiger partial charge on any atom is -0.377 e. The predicted octanol–water partition coefficient (Wildman–Crippen LogP) is 0.384. The first kappa shape index (κ1) is 6.49. The zero-order valence-electron chi connectivity index (χ0n) is 5.49. The van der Waals surface area contributed by atoms with Crippen LogP contribution in [0.4, 0.5) is 8.78 Å². The number of hydrogen-bond donors (Lipinski definition) is 1. The summed E-state index contributed by atoms with van der Waals surface area (Å²) in [5.41, 5.74) is -0.372. The van der Waals surface area contributed by atoms with E-state index in [0.29, 0.717) is 13.2 Å². The van der Waals surface area contributed by atoms with Crippen molar-refractivity contribution in [3.8, 4) is 0 Å². The van der Waals surface area contributed by atoms with E-state index in [1.165, 1.54) is 0 Å². The third kappa shape index (κ3) is 0.828. The minimum absolute atomic E-state index is 0.0556. The Labute approximate surface area is 57.5 Å². The van der Waals surface area contributed by atoms with Crippen molar-refractivity contribution in [3.05, 3.63) is 0 Å². The third-order valence-electron chi connectivity index (χ3n) is 2.08. The predicted molar refractivity (Wildman–Crippen MR) is 31.1 cm³/mol. The molecule has 2 saturated heterocycles. The molecule has 0 aromatic carbocycles. The summed E-state index contributed by atoms with van der Waals surface area (Å²) in [4.78, 5) is 0. The molecule has 0 saturated carbocycles. The molecular formula is C6H9F2NO.